The van der Waals surface area contributed by atoms with E-state index in [0.717, 1.165) is 22.7 Å². The molecule has 2 fully saturated rings. The maximum atomic E-state index is 12.5. The number of amides is 2. The predicted octanol–water partition coefficient (Wildman–Crippen LogP) is 2.35. The van der Waals surface area contributed by atoms with Crippen LogP contribution >= 0.6 is 11.3 Å². The Morgan fingerprint density at radius 1 is 1.15 bits per heavy atom. The molecule has 2 amide bonds. The minimum Gasteiger partial charge on any atom is -0.375 e. The van der Waals surface area contributed by atoms with E-state index in [4.69, 9.17) is 4.98 Å². The van der Waals surface area contributed by atoms with E-state index in [9.17, 15) is 14.7 Å². The molecule has 3 aromatic rings. The maximum absolute atomic E-state index is 12.5. The van der Waals surface area contributed by atoms with Gasteiger partial charge in [0, 0.05) is 63.2 Å². The minimum absolute atomic E-state index is 0.106. The highest BCUT2D eigenvalue weighted by atomic mass is 32.1. The van der Waals surface area contributed by atoms with Gasteiger partial charge in [-0.2, -0.15) is 0 Å². The van der Waals surface area contributed by atoms with Crippen LogP contribution in [0, 0.1) is 0 Å². The predicted molar refractivity (Wildman–Crippen MR) is 129 cm³/mol. The Kier molecular flexibility index (Phi) is 5.78. The molecule has 2 saturated heterocycles. The zero-order valence-electron chi connectivity index (χ0n) is 19.1. The van der Waals surface area contributed by atoms with Crippen LogP contribution in [0.5, 0.6) is 0 Å². The SMILES string of the molecule is CN1CC(Nc2nccc(-c3csc(-c4cccc(C5(O)CCN(C)C5=O)c4)n3)n2)CCC1=O. The van der Waals surface area contributed by atoms with Gasteiger partial charge in [0.15, 0.2) is 5.60 Å². The Morgan fingerprint density at radius 3 is 2.76 bits per heavy atom. The van der Waals surface area contributed by atoms with Crippen molar-refractivity contribution in [3.8, 4) is 22.0 Å². The average molecular weight is 479 g/mol. The van der Waals surface area contributed by atoms with E-state index in [0.29, 0.717) is 43.1 Å². The molecule has 9 nitrogen and oxygen atoms in total. The molecule has 0 radical (unpaired) electrons. The number of thiazole rings is 1. The lowest BCUT2D eigenvalue weighted by Crippen LogP contribution is -2.43. The molecule has 0 bridgehead atoms. The molecule has 2 aliphatic rings. The van der Waals surface area contributed by atoms with Crippen molar-refractivity contribution in [2.24, 2.45) is 0 Å². The highest BCUT2D eigenvalue weighted by Crippen LogP contribution is 2.36. The van der Waals surface area contributed by atoms with E-state index in [1.54, 1.807) is 36.2 Å². The van der Waals surface area contributed by atoms with E-state index in [2.05, 4.69) is 15.3 Å². The van der Waals surface area contributed by atoms with E-state index >= 15 is 0 Å². The zero-order valence-corrected chi connectivity index (χ0v) is 19.9. The minimum atomic E-state index is -1.49. The monoisotopic (exact) mass is 478 g/mol. The molecule has 0 aliphatic carbocycles. The lowest BCUT2D eigenvalue weighted by molar-refractivity contribution is -0.143. The molecule has 2 unspecified atom stereocenters. The third-order valence-electron chi connectivity index (χ3n) is 6.48. The summed E-state index contributed by atoms with van der Waals surface area (Å²) in [5, 5.41) is 17.0. The molecule has 5 rings (SSSR count). The second-order valence-corrected chi connectivity index (χ2v) is 9.73. The maximum Gasteiger partial charge on any atom is 0.258 e. The highest BCUT2D eigenvalue weighted by Gasteiger charge is 2.45. The number of hydrogen-bond acceptors (Lipinski definition) is 8. The van der Waals surface area contributed by atoms with E-state index < -0.39 is 5.60 Å². The zero-order chi connectivity index (χ0) is 23.9. The van der Waals surface area contributed by atoms with Gasteiger partial charge >= 0.3 is 0 Å². The number of nitrogens with zero attached hydrogens (tertiary/aromatic N) is 5. The van der Waals surface area contributed by atoms with E-state index in [1.165, 1.54) is 11.3 Å². The smallest absolute Gasteiger partial charge is 0.258 e. The molecular weight excluding hydrogens is 452 g/mol. The molecule has 0 spiro atoms. The quantitative estimate of drug-likeness (QED) is 0.579. The highest BCUT2D eigenvalue weighted by molar-refractivity contribution is 7.13. The van der Waals surface area contributed by atoms with Crippen molar-refractivity contribution >= 4 is 29.1 Å². The fourth-order valence-corrected chi connectivity index (χ4v) is 5.25. The Labute approximate surface area is 201 Å². The number of nitrogens with one attached hydrogen (secondary N) is 1. The Balaban J connectivity index is 1.35. The summed E-state index contributed by atoms with van der Waals surface area (Å²) in [6.45, 7) is 1.15. The third kappa shape index (κ3) is 4.14. The van der Waals surface area contributed by atoms with Crippen molar-refractivity contribution in [3.63, 3.8) is 0 Å². The molecule has 2 aromatic heterocycles. The first-order valence-electron chi connectivity index (χ1n) is 11.2. The fourth-order valence-electron chi connectivity index (χ4n) is 4.44. The number of piperidine rings is 1. The lowest BCUT2D eigenvalue weighted by atomic mass is 9.91. The number of carbonyl (C=O) groups is 2. The largest absolute Gasteiger partial charge is 0.375 e. The van der Waals surface area contributed by atoms with E-state index in [-0.39, 0.29) is 17.9 Å². The summed E-state index contributed by atoms with van der Waals surface area (Å²) in [6, 6.07) is 9.31. The van der Waals surface area contributed by atoms with Crippen LogP contribution in [0.1, 0.15) is 24.8 Å². The van der Waals surface area contributed by atoms with Crippen molar-refractivity contribution in [3.05, 3.63) is 47.5 Å². The summed E-state index contributed by atoms with van der Waals surface area (Å²) in [7, 11) is 3.51. The molecule has 1 aromatic carbocycles. The van der Waals surface area contributed by atoms with Crippen LogP contribution in [0.4, 0.5) is 5.95 Å². The van der Waals surface area contributed by atoms with Gasteiger partial charge in [-0.05, 0) is 24.1 Å². The van der Waals surface area contributed by atoms with Crippen LogP contribution in [0.3, 0.4) is 0 Å². The van der Waals surface area contributed by atoms with Gasteiger partial charge in [0.2, 0.25) is 11.9 Å². The van der Waals surface area contributed by atoms with Gasteiger partial charge in [-0.25, -0.2) is 15.0 Å². The van der Waals surface area contributed by atoms with Crippen LogP contribution in [-0.4, -0.2) is 74.9 Å². The van der Waals surface area contributed by atoms with Crippen molar-refractivity contribution in [2.75, 3.05) is 32.5 Å². The molecule has 2 N–H and O–H groups in total. The first kappa shape index (κ1) is 22.4. The summed E-state index contributed by atoms with van der Waals surface area (Å²) in [4.78, 5) is 41.2. The van der Waals surface area contributed by atoms with Gasteiger partial charge in [-0.15, -0.1) is 11.3 Å². The second kappa shape index (κ2) is 8.77. The molecule has 2 atom stereocenters. The summed E-state index contributed by atoms with van der Waals surface area (Å²) in [6.07, 6.45) is 3.33. The summed E-state index contributed by atoms with van der Waals surface area (Å²) >= 11 is 1.48. The number of aromatic nitrogens is 3. The Morgan fingerprint density at radius 2 is 2.00 bits per heavy atom. The van der Waals surface area contributed by atoms with Gasteiger partial charge in [-0.1, -0.05) is 18.2 Å². The number of anilines is 1. The molecule has 10 heteroatoms. The van der Waals surface area contributed by atoms with Crippen molar-refractivity contribution < 1.29 is 14.7 Å². The first-order chi connectivity index (χ1) is 16.3. The molecule has 0 saturated carbocycles. The standard InChI is InChI=1S/C24H26N6O3S/c1-29-11-9-24(33,22(29)32)16-5-3-4-15(12-16)21-27-19(14-34-21)18-8-10-25-23(28-18)26-17-6-7-20(31)30(2)13-17/h3-5,8,10,12,14,17,33H,6-7,9,11,13H2,1-2H3,(H,25,26,28). The van der Waals surface area contributed by atoms with Crippen LogP contribution in [0.25, 0.3) is 22.0 Å². The molecule has 34 heavy (non-hydrogen) atoms. The van der Waals surface area contributed by atoms with Crippen molar-refractivity contribution in [1.29, 1.82) is 0 Å². The normalized spacial score (nSPS) is 23.0. The number of hydrogen-bond donors (Lipinski definition) is 2. The second-order valence-electron chi connectivity index (χ2n) is 8.88. The number of carbonyl (C=O) groups excluding carboxylic acids is 2. The van der Waals surface area contributed by atoms with Crippen molar-refractivity contribution in [2.45, 2.75) is 30.9 Å². The number of rotatable bonds is 5. The van der Waals surface area contributed by atoms with Gasteiger partial charge in [-0.3, -0.25) is 9.59 Å². The molecule has 2 aliphatic heterocycles. The summed E-state index contributed by atoms with van der Waals surface area (Å²) in [5.74, 6) is 0.384. The molecule has 4 heterocycles. The number of likely N-dealkylation sites (N-methyl/N-ethyl adjacent to an activating group) is 2. The van der Waals surface area contributed by atoms with Crippen LogP contribution in [-0.2, 0) is 15.2 Å². The van der Waals surface area contributed by atoms with Gasteiger partial charge in [0.25, 0.3) is 5.91 Å². The topological polar surface area (TPSA) is 112 Å². The van der Waals surface area contributed by atoms with Crippen LogP contribution < -0.4 is 5.32 Å². The van der Waals surface area contributed by atoms with Crippen molar-refractivity contribution in [1.82, 2.24) is 24.8 Å². The van der Waals surface area contributed by atoms with E-state index in [1.807, 2.05) is 29.6 Å². The van der Waals surface area contributed by atoms with Gasteiger partial charge in [0.1, 0.15) is 10.7 Å². The van der Waals surface area contributed by atoms with Crippen LogP contribution in [0.2, 0.25) is 0 Å². The van der Waals surface area contributed by atoms with Gasteiger partial charge < -0.3 is 20.2 Å². The lowest BCUT2D eigenvalue weighted by Gasteiger charge is -2.30. The average Bonchev–Trinajstić information content (AvgIpc) is 3.44. The molecule has 176 valence electrons. The first-order valence-corrected chi connectivity index (χ1v) is 12.1. The molecular formula is C24H26N6O3S. The van der Waals surface area contributed by atoms with Crippen LogP contribution in [0.15, 0.2) is 41.9 Å². The fraction of sp³-hybridized carbons (Fsp3) is 0.375. The number of benzene rings is 1. The summed E-state index contributed by atoms with van der Waals surface area (Å²) < 4.78 is 0. The Bertz CT molecular complexity index is 1250. The number of aliphatic hydroxyl groups is 1. The third-order valence-corrected chi connectivity index (χ3v) is 7.37. The Hall–Kier alpha value is -3.37. The number of likely N-dealkylation sites (tertiary alicyclic amines) is 2. The van der Waals surface area contributed by atoms with Gasteiger partial charge in [0.05, 0.1) is 5.69 Å². The summed E-state index contributed by atoms with van der Waals surface area (Å²) in [5.41, 5.74) is 1.35.